The number of anilines is 1. The Kier molecular flexibility index (Phi) is 6.14. The standard InChI is InChI=1S/C26H28N6O2/c1-19-9-11-20(12-10-19)32-24(28-22-7-5-13-27-25(22)32)18-30-14-16-31(17-15-30)26(33)29-21-6-3-4-8-23(21)34-2/h3-13H,14-18H2,1-2H3,(H,29,33). The van der Waals surface area contributed by atoms with E-state index in [2.05, 4.69) is 51.0 Å². The molecule has 1 fully saturated rings. The number of hydrogen-bond donors (Lipinski definition) is 1. The van der Waals surface area contributed by atoms with Crippen molar-refractivity contribution in [2.45, 2.75) is 13.5 Å². The summed E-state index contributed by atoms with van der Waals surface area (Å²) in [5, 5.41) is 2.97. The van der Waals surface area contributed by atoms with Crippen molar-refractivity contribution in [2.75, 3.05) is 38.6 Å². The molecule has 34 heavy (non-hydrogen) atoms. The number of nitrogens with one attached hydrogen (secondary N) is 1. The summed E-state index contributed by atoms with van der Waals surface area (Å²) < 4.78 is 7.47. The minimum Gasteiger partial charge on any atom is -0.495 e. The van der Waals surface area contributed by atoms with Crippen molar-refractivity contribution in [1.82, 2.24) is 24.3 Å². The predicted molar refractivity (Wildman–Crippen MR) is 132 cm³/mol. The molecule has 1 aliphatic heterocycles. The summed E-state index contributed by atoms with van der Waals surface area (Å²) in [7, 11) is 1.60. The van der Waals surface area contributed by atoms with Gasteiger partial charge in [0.15, 0.2) is 5.65 Å². The zero-order chi connectivity index (χ0) is 23.5. The second kappa shape index (κ2) is 9.52. The van der Waals surface area contributed by atoms with Crippen molar-refractivity contribution in [1.29, 1.82) is 0 Å². The van der Waals surface area contributed by atoms with Gasteiger partial charge < -0.3 is 15.0 Å². The highest BCUT2D eigenvalue weighted by atomic mass is 16.5. The summed E-state index contributed by atoms with van der Waals surface area (Å²) in [5.74, 6) is 1.60. The molecular formula is C26H28N6O2. The van der Waals surface area contributed by atoms with Crippen LogP contribution in [0.3, 0.4) is 0 Å². The van der Waals surface area contributed by atoms with Crippen LogP contribution in [-0.2, 0) is 6.54 Å². The number of aryl methyl sites for hydroxylation is 1. The first kappa shape index (κ1) is 21.9. The van der Waals surface area contributed by atoms with Crippen molar-refractivity contribution < 1.29 is 9.53 Å². The summed E-state index contributed by atoms with van der Waals surface area (Å²) in [5.41, 5.74) is 4.68. The molecule has 8 heteroatoms. The summed E-state index contributed by atoms with van der Waals surface area (Å²) in [6, 6.07) is 19.7. The molecule has 1 N–H and O–H groups in total. The maximum absolute atomic E-state index is 12.8. The highest BCUT2D eigenvalue weighted by molar-refractivity contribution is 5.91. The normalized spacial score (nSPS) is 14.4. The lowest BCUT2D eigenvalue weighted by Crippen LogP contribution is -2.49. The largest absolute Gasteiger partial charge is 0.495 e. The number of benzene rings is 2. The van der Waals surface area contributed by atoms with Crippen LogP contribution in [0.25, 0.3) is 16.9 Å². The van der Waals surface area contributed by atoms with Crippen LogP contribution in [-0.4, -0.2) is 63.7 Å². The Morgan fingerprint density at radius 2 is 1.76 bits per heavy atom. The van der Waals surface area contributed by atoms with E-state index in [0.717, 1.165) is 35.8 Å². The maximum Gasteiger partial charge on any atom is 0.322 e. The second-order valence-electron chi connectivity index (χ2n) is 8.44. The Morgan fingerprint density at radius 1 is 1.00 bits per heavy atom. The molecule has 4 aromatic rings. The van der Waals surface area contributed by atoms with Gasteiger partial charge in [0, 0.05) is 38.1 Å². The number of amides is 2. The van der Waals surface area contributed by atoms with Crippen molar-refractivity contribution in [2.24, 2.45) is 0 Å². The molecule has 1 aliphatic rings. The second-order valence-corrected chi connectivity index (χ2v) is 8.44. The van der Waals surface area contributed by atoms with Crippen molar-refractivity contribution in [3.63, 3.8) is 0 Å². The van der Waals surface area contributed by atoms with Crippen LogP contribution in [0, 0.1) is 6.92 Å². The van der Waals surface area contributed by atoms with Crippen molar-refractivity contribution in [3.8, 4) is 11.4 Å². The van der Waals surface area contributed by atoms with E-state index in [-0.39, 0.29) is 6.03 Å². The third-order valence-electron chi connectivity index (χ3n) is 6.15. The van der Waals surface area contributed by atoms with Crippen LogP contribution in [0.4, 0.5) is 10.5 Å². The molecule has 0 spiro atoms. The number of carbonyl (C=O) groups is 1. The third kappa shape index (κ3) is 4.45. The Morgan fingerprint density at radius 3 is 2.53 bits per heavy atom. The van der Waals surface area contributed by atoms with Gasteiger partial charge in [0.05, 0.1) is 19.3 Å². The first-order valence-corrected chi connectivity index (χ1v) is 11.4. The number of aromatic nitrogens is 3. The summed E-state index contributed by atoms with van der Waals surface area (Å²) in [6.07, 6.45) is 1.80. The number of pyridine rings is 1. The van der Waals surface area contributed by atoms with E-state index in [4.69, 9.17) is 9.72 Å². The van der Waals surface area contributed by atoms with Crippen LogP contribution < -0.4 is 10.1 Å². The van der Waals surface area contributed by atoms with E-state index in [1.165, 1.54) is 5.56 Å². The highest BCUT2D eigenvalue weighted by Crippen LogP contribution is 2.24. The lowest BCUT2D eigenvalue weighted by molar-refractivity contribution is 0.140. The Bertz CT molecular complexity index is 1290. The monoisotopic (exact) mass is 456 g/mol. The number of fused-ring (bicyclic) bond motifs is 1. The molecule has 0 aliphatic carbocycles. The fourth-order valence-electron chi connectivity index (χ4n) is 4.28. The highest BCUT2D eigenvalue weighted by Gasteiger charge is 2.24. The van der Waals surface area contributed by atoms with E-state index in [9.17, 15) is 4.79 Å². The number of nitrogens with zero attached hydrogens (tertiary/aromatic N) is 5. The average molecular weight is 457 g/mol. The van der Waals surface area contributed by atoms with Crippen LogP contribution in [0.1, 0.15) is 11.4 Å². The Hall–Kier alpha value is -3.91. The lowest BCUT2D eigenvalue weighted by Gasteiger charge is -2.34. The van der Waals surface area contributed by atoms with E-state index in [0.29, 0.717) is 31.1 Å². The van der Waals surface area contributed by atoms with E-state index < -0.39 is 0 Å². The van der Waals surface area contributed by atoms with Gasteiger partial charge in [-0.3, -0.25) is 9.47 Å². The summed E-state index contributed by atoms with van der Waals surface area (Å²) in [6.45, 7) is 5.59. The number of carbonyl (C=O) groups excluding carboxylic acids is 1. The number of urea groups is 1. The van der Waals surface area contributed by atoms with Gasteiger partial charge in [0.2, 0.25) is 0 Å². The molecule has 8 nitrogen and oxygen atoms in total. The zero-order valence-corrected chi connectivity index (χ0v) is 19.4. The molecule has 0 radical (unpaired) electrons. The molecule has 3 heterocycles. The molecule has 2 aromatic heterocycles. The maximum atomic E-state index is 12.8. The number of ether oxygens (including phenoxy) is 1. The molecule has 0 saturated carbocycles. The Labute approximate surface area is 198 Å². The van der Waals surface area contributed by atoms with Gasteiger partial charge in [0.1, 0.15) is 17.1 Å². The number of piperazine rings is 1. The quantitative estimate of drug-likeness (QED) is 0.490. The smallest absolute Gasteiger partial charge is 0.322 e. The number of imidazole rings is 1. The van der Waals surface area contributed by atoms with E-state index in [1.807, 2.05) is 41.3 Å². The van der Waals surface area contributed by atoms with Crippen LogP contribution in [0.2, 0.25) is 0 Å². The van der Waals surface area contributed by atoms with Gasteiger partial charge in [0.25, 0.3) is 0 Å². The molecule has 5 rings (SSSR count). The molecule has 0 unspecified atom stereocenters. The summed E-state index contributed by atoms with van der Waals surface area (Å²) in [4.78, 5) is 26.5. The van der Waals surface area contributed by atoms with Gasteiger partial charge in [-0.15, -0.1) is 0 Å². The van der Waals surface area contributed by atoms with Crippen LogP contribution >= 0.6 is 0 Å². The van der Waals surface area contributed by atoms with E-state index >= 15 is 0 Å². The molecule has 1 saturated heterocycles. The van der Waals surface area contributed by atoms with Crippen molar-refractivity contribution >= 4 is 22.9 Å². The molecule has 2 amide bonds. The number of hydrogen-bond acceptors (Lipinski definition) is 5. The first-order valence-electron chi connectivity index (χ1n) is 11.4. The SMILES string of the molecule is COc1ccccc1NC(=O)N1CCN(Cc2nc3cccnc3n2-c2ccc(C)cc2)CC1. The number of rotatable bonds is 5. The predicted octanol–water partition coefficient (Wildman–Crippen LogP) is 4.09. The number of methoxy groups -OCH3 is 1. The van der Waals surface area contributed by atoms with Gasteiger partial charge in [-0.2, -0.15) is 0 Å². The Balaban J connectivity index is 1.29. The minimum absolute atomic E-state index is 0.111. The lowest BCUT2D eigenvalue weighted by atomic mass is 10.2. The molecule has 2 aromatic carbocycles. The van der Waals surface area contributed by atoms with Gasteiger partial charge >= 0.3 is 6.03 Å². The van der Waals surface area contributed by atoms with Gasteiger partial charge in [-0.1, -0.05) is 29.8 Å². The van der Waals surface area contributed by atoms with Crippen LogP contribution in [0.15, 0.2) is 66.9 Å². The summed E-state index contributed by atoms with van der Waals surface area (Å²) >= 11 is 0. The zero-order valence-electron chi connectivity index (χ0n) is 19.4. The molecule has 0 atom stereocenters. The third-order valence-corrected chi connectivity index (χ3v) is 6.15. The van der Waals surface area contributed by atoms with Gasteiger partial charge in [-0.05, 0) is 43.3 Å². The minimum atomic E-state index is -0.111. The molecular weight excluding hydrogens is 428 g/mol. The number of para-hydroxylation sites is 2. The average Bonchev–Trinajstić information content (AvgIpc) is 3.23. The van der Waals surface area contributed by atoms with Crippen molar-refractivity contribution in [3.05, 3.63) is 78.2 Å². The van der Waals surface area contributed by atoms with Crippen LogP contribution in [0.5, 0.6) is 5.75 Å². The molecule has 0 bridgehead atoms. The fraction of sp³-hybridized carbons (Fsp3) is 0.269. The van der Waals surface area contributed by atoms with Gasteiger partial charge in [-0.25, -0.2) is 14.8 Å². The topological polar surface area (TPSA) is 75.5 Å². The first-order chi connectivity index (χ1) is 16.6. The fourth-order valence-corrected chi connectivity index (χ4v) is 4.28. The molecule has 174 valence electrons. The van der Waals surface area contributed by atoms with E-state index in [1.54, 1.807) is 13.3 Å².